The lowest BCUT2D eigenvalue weighted by atomic mass is 9.97. The molecule has 0 aliphatic heterocycles. The van der Waals surface area contributed by atoms with E-state index in [1.165, 1.54) is 28.9 Å². The second-order valence-corrected chi connectivity index (χ2v) is 9.69. The van der Waals surface area contributed by atoms with Crippen molar-refractivity contribution in [2.75, 3.05) is 6.26 Å². The molecular formula is C25H21FN2O3S. The molecule has 0 radical (unpaired) electrons. The van der Waals surface area contributed by atoms with Crippen molar-refractivity contribution in [1.82, 2.24) is 9.78 Å². The highest BCUT2D eigenvalue weighted by molar-refractivity contribution is 7.90. The van der Waals surface area contributed by atoms with Crippen molar-refractivity contribution in [3.63, 3.8) is 0 Å². The molecule has 4 rings (SSSR count). The molecule has 0 amide bonds. The number of benzene rings is 3. The number of halogens is 1. The Kier molecular flexibility index (Phi) is 5.52. The highest BCUT2D eigenvalue weighted by Gasteiger charge is 2.18. The van der Waals surface area contributed by atoms with Gasteiger partial charge in [0, 0.05) is 11.8 Å². The topological polar surface area (TPSA) is 69.0 Å². The Balaban J connectivity index is 1.99. The normalized spacial score (nSPS) is 11.5. The summed E-state index contributed by atoms with van der Waals surface area (Å²) in [6.07, 6.45) is 2.72. The van der Waals surface area contributed by atoms with Gasteiger partial charge >= 0.3 is 0 Å². The molecule has 162 valence electrons. The van der Waals surface area contributed by atoms with Crippen LogP contribution in [0.25, 0.3) is 27.9 Å². The van der Waals surface area contributed by atoms with Crippen LogP contribution in [-0.4, -0.2) is 24.5 Å². The summed E-state index contributed by atoms with van der Waals surface area (Å²) in [5.74, 6) is -0.406. The third-order valence-electron chi connectivity index (χ3n) is 5.51. The van der Waals surface area contributed by atoms with E-state index >= 15 is 0 Å². The summed E-state index contributed by atoms with van der Waals surface area (Å²) in [4.78, 5) is 13.8. The molecule has 1 heterocycles. The molecule has 0 saturated carbocycles. The fraction of sp³-hybridized carbons (Fsp3) is 0.120. The molecule has 0 spiro atoms. The van der Waals surface area contributed by atoms with E-state index in [1.54, 1.807) is 30.5 Å². The molecule has 0 bridgehead atoms. The summed E-state index contributed by atoms with van der Waals surface area (Å²) in [5, 5.41) is 4.41. The van der Waals surface area contributed by atoms with Gasteiger partial charge in [-0.1, -0.05) is 36.4 Å². The van der Waals surface area contributed by atoms with Crippen molar-refractivity contribution in [1.29, 1.82) is 0 Å². The molecule has 3 aromatic carbocycles. The van der Waals surface area contributed by atoms with Crippen molar-refractivity contribution in [2.45, 2.75) is 18.7 Å². The molecule has 0 aliphatic carbocycles. The van der Waals surface area contributed by atoms with E-state index in [1.807, 2.05) is 32.0 Å². The first-order valence-electron chi connectivity index (χ1n) is 9.92. The summed E-state index contributed by atoms with van der Waals surface area (Å²) >= 11 is 0. The smallest absolute Gasteiger partial charge is 0.267 e. The Morgan fingerprint density at radius 2 is 1.50 bits per heavy atom. The minimum Gasteiger partial charge on any atom is -0.267 e. The molecule has 5 nitrogen and oxygen atoms in total. The zero-order chi connectivity index (χ0) is 23.0. The fourth-order valence-electron chi connectivity index (χ4n) is 3.59. The van der Waals surface area contributed by atoms with E-state index in [2.05, 4.69) is 5.10 Å². The highest BCUT2D eigenvalue weighted by atomic mass is 32.2. The predicted molar refractivity (Wildman–Crippen MR) is 123 cm³/mol. The van der Waals surface area contributed by atoms with Crippen LogP contribution in [-0.2, 0) is 9.84 Å². The lowest BCUT2D eigenvalue weighted by molar-refractivity contribution is 0.602. The van der Waals surface area contributed by atoms with E-state index in [-0.39, 0.29) is 10.5 Å². The van der Waals surface area contributed by atoms with Crippen molar-refractivity contribution in [3.05, 3.63) is 100 Å². The summed E-state index contributed by atoms with van der Waals surface area (Å²) in [5.41, 5.74) is 4.33. The summed E-state index contributed by atoms with van der Waals surface area (Å²) in [6, 6.07) is 17.6. The van der Waals surface area contributed by atoms with Crippen LogP contribution in [0.5, 0.6) is 0 Å². The van der Waals surface area contributed by atoms with E-state index in [4.69, 9.17) is 0 Å². The van der Waals surface area contributed by atoms with Crippen LogP contribution in [0.2, 0.25) is 0 Å². The van der Waals surface area contributed by atoms with Crippen molar-refractivity contribution in [2.24, 2.45) is 0 Å². The van der Waals surface area contributed by atoms with Crippen LogP contribution in [0.1, 0.15) is 11.1 Å². The molecule has 32 heavy (non-hydrogen) atoms. The first kappa shape index (κ1) is 21.6. The van der Waals surface area contributed by atoms with Crippen LogP contribution in [0.3, 0.4) is 0 Å². The van der Waals surface area contributed by atoms with Gasteiger partial charge < -0.3 is 0 Å². The second kappa shape index (κ2) is 8.16. The Morgan fingerprint density at radius 1 is 0.875 bits per heavy atom. The molecule has 0 aliphatic rings. The summed E-state index contributed by atoms with van der Waals surface area (Å²) in [7, 11) is -3.35. The minimum absolute atomic E-state index is 0.182. The van der Waals surface area contributed by atoms with E-state index < -0.39 is 15.7 Å². The van der Waals surface area contributed by atoms with Crippen molar-refractivity contribution < 1.29 is 12.8 Å². The molecule has 1 aromatic heterocycles. The predicted octanol–water partition coefficient (Wildman–Crippen LogP) is 4.73. The Labute approximate surface area is 185 Å². The SMILES string of the molecule is Cc1cccc(-n2ncc(-c3ccc(S(C)(=O)=O)cc3)c(-c3ccc(F)cc3)c2=O)c1C. The molecule has 7 heteroatoms. The van der Waals surface area contributed by atoms with Gasteiger partial charge in [0.2, 0.25) is 0 Å². The van der Waals surface area contributed by atoms with Crippen LogP contribution in [0.4, 0.5) is 4.39 Å². The minimum atomic E-state index is -3.35. The first-order valence-corrected chi connectivity index (χ1v) is 11.8. The number of aromatic nitrogens is 2. The Bertz CT molecular complexity index is 1470. The molecule has 0 N–H and O–H groups in total. The number of rotatable bonds is 4. The quantitative estimate of drug-likeness (QED) is 0.453. The lowest BCUT2D eigenvalue weighted by Gasteiger charge is -2.15. The monoisotopic (exact) mass is 448 g/mol. The van der Waals surface area contributed by atoms with E-state index in [0.29, 0.717) is 27.9 Å². The molecule has 4 aromatic rings. The van der Waals surface area contributed by atoms with Gasteiger partial charge in [-0.15, -0.1) is 0 Å². The molecular weight excluding hydrogens is 427 g/mol. The zero-order valence-electron chi connectivity index (χ0n) is 17.8. The van der Waals surface area contributed by atoms with Gasteiger partial charge in [-0.25, -0.2) is 12.8 Å². The third kappa shape index (κ3) is 3.99. The Hall–Kier alpha value is -3.58. The van der Waals surface area contributed by atoms with Gasteiger partial charge in [0.05, 0.1) is 22.3 Å². The summed E-state index contributed by atoms with van der Waals surface area (Å²) < 4.78 is 38.5. The second-order valence-electron chi connectivity index (χ2n) is 7.67. The third-order valence-corrected chi connectivity index (χ3v) is 6.64. The van der Waals surface area contributed by atoms with Crippen LogP contribution in [0, 0.1) is 19.7 Å². The van der Waals surface area contributed by atoms with Crippen LogP contribution < -0.4 is 5.56 Å². The van der Waals surface area contributed by atoms with E-state index in [9.17, 15) is 17.6 Å². The van der Waals surface area contributed by atoms with Gasteiger partial charge in [0.25, 0.3) is 5.56 Å². The maximum absolute atomic E-state index is 13.6. The molecule has 0 saturated heterocycles. The number of hydrogen-bond donors (Lipinski definition) is 0. The fourth-order valence-corrected chi connectivity index (χ4v) is 4.22. The van der Waals surface area contributed by atoms with Crippen LogP contribution >= 0.6 is 0 Å². The van der Waals surface area contributed by atoms with Crippen molar-refractivity contribution >= 4 is 9.84 Å². The van der Waals surface area contributed by atoms with Gasteiger partial charge in [-0.3, -0.25) is 4.79 Å². The van der Waals surface area contributed by atoms with Crippen LogP contribution in [0.15, 0.2) is 82.6 Å². The first-order chi connectivity index (χ1) is 15.2. The van der Waals surface area contributed by atoms with Gasteiger partial charge in [-0.2, -0.15) is 9.78 Å². The average Bonchev–Trinajstić information content (AvgIpc) is 2.76. The largest absolute Gasteiger partial charge is 0.280 e. The van der Waals surface area contributed by atoms with Gasteiger partial charge in [0.1, 0.15) is 5.82 Å². The maximum atomic E-state index is 13.6. The molecule has 0 atom stereocenters. The number of aryl methyl sites for hydroxylation is 1. The standard InChI is InChI=1S/C25H21FN2O3S/c1-16-5-4-6-23(17(16)2)28-25(29)24(19-7-11-20(26)12-8-19)22(15-27-28)18-9-13-21(14-10-18)32(3,30)31/h4-15H,1-3H3. The maximum Gasteiger partial charge on any atom is 0.280 e. The lowest BCUT2D eigenvalue weighted by Crippen LogP contribution is -2.24. The summed E-state index contributed by atoms with van der Waals surface area (Å²) in [6.45, 7) is 3.89. The number of hydrogen-bond acceptors (Lipinski definition) is 4. The Morgan fingerprint density at radius 3 is 2.12 bits per heavy atom. The average molecular weight is 449 g/mol. The zero-order valence-corrected chi connectivity index (χ0v) is 18.7. The van der Waals surface area contributed by atoms with Gasteiger partial charge in [-0.05, 0) is 66.4 Å². The van der Waals surface area contributed by atoms with E-state index in [0.717, 1.165) is 17.4 Å². The molecule has 0 fully saturated rings. The number of sulfone groups is 1. The highest BCUT2D eigenvalue weighted by Crippen LogP contribution is 2.30. The van der Waals surface area contributed by atoms with Crippen molar-refractivity contribution in [3.8, 4) is 27.9 Å². The molecule has 0 unspecified atom stereocenters. The van der Waals surface area contributed by atoms with Gasteiger partial charge in [0.15, 0.2) is 9.84 Å². The number of nitrogens with zero attached hydrogens (tertiary/aromatic N) is 2.